The minimum Gasteiger partial charge on any atom is -0.490 e. The number of rotatable bonds is 9. The Morgan fingerprint density at radius 2 is 2.04 bits per heavy atom. The zero-order chi connectivity index (χ0) is 17.4. The average molecular weight is 350 g/mol. The molecule has 5 heteroatoms. The van der Waals surface area contributed by atoms with Gasteiger partial charge in [-0.3, -0.25) is 0 Å². The van der Waals surface area contributed by atoms with Crippen molar-refractivity contribution in [3.05, 3.63) is 71.0 Å². The first-order chi connectivity index (χ1) is 11.7. The van der Waals surface area contributed by atoms with Crippen molar-refractivity contribution in [3.63, 3.8) is 0 Å². The molecule has 3 nitrogen and oxygen atoms in total. The van der Waals surface area contributed by atoms with Gasteiger partial charge in [-0.05, 0) is 30.7 Å². The Morgan fingerprint density at radius 1 is 1.25 bits per heavy atom. The SMILES string of the molecule is C=CCNCc1cc(Cl)c(OCc2ccccc2F)c(OCC)c1. The van der Waals surface area contributed by atoms with Gasteiger partial charge in [0.2, 0.25) is 0 Å². The van der Waals surface area contributed by atoms with Crippen molar-refractivity contribution in [1.82, 2.24) is 5.32 Å². The van der Waals surface area contributed by atoms with E-state index in [1.165, 1.54) is 6.07 Å². The molecule has 0 atom stereocenters. The van der Waals surface area contributed by atoms with Crippen molar-refractivity contribution in [1.29, 1.82) is 0 Å². The monoisotopic (exact) mass is 349 g/mol. The van der Waals surface area contributed by atoms with Crippen LogP contribution in [0.3, 0.4) is 0 Å². The van der Waals surface area contributed by atoms with E-state index in [4.69, 9.17) is 21.1 Å². The lowest BCUT2D eigenvalue weighted by molar-refractivity contribution is 0.266. The standard InChI is InChI=1S/C19H21ClFNO2/c1-3-9-22-12-14-10-16(20)19(18(11-14)23-4-2)24-13-15-7-5-6-8-17(15)21/h3,5-8,10-11,22H,1,4,9,12-13H2,2H3. The van der Waals surface area contributed by atoms with Gasteiger partial charge in [-0.1, -0.05) is 35.9 Å². The summed E-state index contributed by atoms with van der Waals surface area (Å²) in [7, 11) is 0. The van der Waals surface area contributed by atoms with Crippen molar-refractivity contribution >= 4 is 11.6 Å². The Hall–Kier alpha value is -2.04. The quantitative estimate of drug-likeness (QED) is 0.524. The van der Waals surface area contributed by atoms with E-state index in [0.29, 0.717) is 41.8 Å². The molecule has 2 aromatic rings. The highest BCUT2D eigenvalue weighted by atomic mass is 35.5. The predicted octanol–water partition coefficient (Wildman–Crippen LogP) is 4.73. The Labute approximate surface area is 147 Å². The predicted molar refractivity (Wildman–Crippen MR) is 95.3 cm³/mol. The summed E-state index contributed by atoms with van der Waals surface area (Å²) in [5.74, 6) is 0.669. The maximum Gasteiger partial charge on any atom is 0.180 e. The molecule has 24 heavy (non-hydrogen) atoms. The largest absolute Gasteiger partial charge is 0.490 e. The molecule has 0 amide bonds. The first-order valence-electron chi connectivity index (χ1n) is 7.78. The Balaban J connectivity index is 2.18. The van der Waals surface area contributed by atoms with Crippen LogP contribution in [0.5, 0.6) is 11.5 Å². The summed E-state index contributed by atoms with van der Waals surface area (Å²) in [5.41, 5.74) is 1.44. The zero-order valence-corrected chi connectivity index (χ0v) is 14.4. The Kier molecular flexibility index (Phi) is 7.09. The lowest BCUT2D eigenvalue weighted by Gasteiger charge is -2.16. The van der Waals surface area contributed by atoms with Crippen LogP contribution in [0.2, 0.25) is 5.02 Å². The molecule has 0 aromatic heterocycles. The van der Waals surface area contributed by atoms with E-state index in [0.717, 1.165) is 5.56 Å². The second-order valence-corrected chi connectivity index (χ2v) is 5.54. The van der Waals surface area contributed by atoms with E-state index in [-0.39, 0.29) is 12.4 Å². The maximum absolute atomic E-state index is 13.7. The number of nitrogens with one attached hydrogen (secondary N) is 1. The van der Waals surface area contributed by atoms with Crippen molar-refractivity contribution in [3.8, 4) is 11.5 Å². The summed E-state index contributed by atoms with van der Waals surface area (Å²) in [5, 5.41) is 3.65. The topological polar surface area (TPSA) is 30.5 Å². The number of benzene rings is 2. The van der Waals surface area contributed by atoms with Crippen LogP contribution < -0.4 is 14.8 Å². The number of hydrogen-bond acceptors (Lipinski definition) is 3. The molecule has 0 radical (unpaired) electrons. The van der Waals surface area contributed by atoms with Crippen LogP contribution in [0.1, 0.15) is 18.1 Å². The first kappa shape index (κ1) is 18.3. The molecule has 0 fully saturated rings. The highest BCUT2D eigenvalue weighted by molar-refractivity contribution is 6.32. The Bertz CT molecular complexity index is 691. The van der Waals surface area contributed by atoms with E-state index in [2.05, 4.69) is 11.9 Å². The Morgan fingerprint density at radius 3 is 2.75 bits per heavy atom. The summed E-state index contributed by atoms with van der Waals surface area (Å²) >= 11 is 6.34. The van der Waals surface area contributed by atoms with E-state index < -0.39 is 0 Å². The van der Waals surface area contributed by atoms with Crippen LogP contribution in [0.4, 0.5) is 4.39 Å². The zero-order valence-electron chi connectivity index (χ0n) is 13.6. The minimum atomic E-state index is -0.308. The molecule has 0 heterocycles. The fourth-order valence-electron chi connectivity index (χ4n) is 2.21. The molecule has 0 aliphatic carbocycles. The maximum atomic E-state index is 13.7. The van der Waals surface area contributed by atoms with E-state index >= 15 is 0 Å². The summed E-state index contributed by atoms with van der Waals surface area (Å²) in [6.45, 7) is 7.46. The molecule has 128 valence electrons. The highest BCUT2D eigenvalue weighted by Gasteiger charge is 2.13. The van der Waals surface area contributed by atoms with Gasteiger partial charge in [0.05, 0.1) is 11.6 Å². The third kappa shape index (κ3) is 4.98. The molecule has 2 aromatic carbocycles. The first-order valence-corrected chi connectivity index (χ1v) is 8.16. The van der Waals surface area contributed by atoms with Crippen LogP contribution in [0, 0.1) is 5.82 Å². The number of ether oxygens (including phenoxy) is 2. The molecule has 2 rings (SSSR count). The number of hydrogen-bond donors (Lipinski definition) is 1. The smallest absolute Gasteiger partial charge is 0.180 e. The van der Waals surface area contributed by atoms with Gasteiger partial charge in [-0.2, -0.15) is 0 Å². The molecule has 0 aliphatic heterocycles. The van der Waals surface area contributed by atoms with Gasteiger partial charge in [-0.15, -0.1) is 6.58 Å². The lowest BCUT2D eigenvalue weighted by Crippen LogP contribution is -2.13. The van der Waals surface area contributed by atoms with E-state index in [9.17, 15) is 4.39 Å². The minimum absolute atomic E-state index is 0.0839. The fraction of sp³-hybridized carbons (Fsp3) is 0.263. The van der Waals surface area contributed by atoms with Crippen LogP contribution in [0.15, 0.2) is 49.1 Å². The molecule has 0 spiro atoms. The van der Waals surface area contributed by atoms with Crippen LogP contribution in [-0.2, 0) is 13.2 Å². The van der Waals surface area contributed by atoms with Crippen LogP contribution in [-0.4, -0.2) is 13.2 Å². The summed E-state index contributed by atoms with van der Waals surface area (Å²) < 4.78 is 25.1. The highest BCUT2D eigenvalue weighted by Crippen LogP contribution is 2.37. The molecular weight excluding hydrogens is 329 g/mol. The van der Waals surface area contributed by atoms with E-state index in [1.807, 2.05) is 19.1 Å². The normalized spacial score (nSPS) is 10.5. The van der Waals surface area contributed by atoms with Crippen LogP contribution in [0.25, 0.3) is 0 Å². The molecular formula is C19H21ClFNO2. The van der Waals surface area contributed by atoms with Crippen molar-refractivity contribution < 1.29 is 13.9 Å². The third-order valence-electron chi connectivity index (χ3n) is 3.32. The number of halogens is 2. The fourth-order valence-corrected chi connectivity index (χ4v) is 2.50. The summed E-state index contributed by atoms with van der Waals surface area (Å²) in [6, 6.07) is 10.2. The molecule has 0 saturated heterocycles. The van der Waals surface area contributed by atoms with Gasteiger partial charge in [0.15, 0.2) is 11.5 Å². The van der Waals surface area contributed by atoms with Gasteiger partial charge in [-0.25, -0.2) is 4.39 Å². The molecule has 0 aliphatic rings. The third-order valence-corrected chi connectivity index (χ3v) is 3.60. The van der Waals surface area contributed by atoms with Crippen molar-refractivity contribution in [2.45, 2.75) is 20.1 Å². The second kappa shape index (κ2) is 9.30. The van der Waals surface area contributed by atoms with Crippen LogP contribution >= 0.6 is 11.6 Å². The van der Waals surface area contributed by atoms with Gasteiger partial charge in [0, 0.05) is 18.7 Å². The van der Waals surface area contributed by atoms with Gasteiger partial charge in [0.1, 0.15) is 12.4 Å². The molecule has 0 unspecified atom stereocenters. The van der Waals surface area contributed by atoms with Gasteiger partial charge < -0.3 is 14.8 Å². The molecule has 1 N–H and O–H groups in total. The van der Waals surface area contributed by atoms with E-state index in [1.54, 1.807) is 24.3 Å². The average Bonchev–Trinajstić information content (AvgIpc) is 2.56. The second-order valence-electron chi connectivity index (χ2n) is 5.14. The summed E-state index contributed by atoms with van der Waals surface area (Å²) in [4.78, 5) is 0. The molecule has 0 bridgehead atoms. The lowest BCUT2D eigenvalue weighted by atomic mass is 10.2. The van der Waals surface area contributed by atoms with Gasteiger partial charge in [0.25, 0.3) is 0 Å². The van der Waals surface area contributed by atoms with Crippen molar-refractivity contribution in [2.24, 2.45) is 0 Å². The van der Waals surface area contributed by atoms with Crippen molar-refractivity contribution in [2.75, 3.05) is 13.2 Å². The van der Waals surface area contributed by atoms with Gasteiger partial charge >= 0.3 is 0 Å². The molecule has 0 saturated carbocycles. The summed E-state index contributed by atoms with van der Waals surface area (Å²) in [6.07, 6.45) is 1.79.